The highest BCUT2D eigenvalue weighted by molar-refractivity contribution is 6.60. The zero-order valence-corrected chi connectivity index (χ0v) is 10.6. The van der Waals surface area contributed by atoms with Gasteiger partial charge < -0.3 is 0 Å². The molecule has 0 nitrogen and oxygen atoms in total. The van der Waals surface area contributed by atoms with Crippen molar-refractivity contribution >= 4 is 8.80 Å². The molecule has 1 heteroatoms. The van der Waals surface area contributed by atoms with E-state index in [-0.39, 0.29) is 8.80 Å². The van der Waals surface area contributed by atoms with Crippen LogP contribution in [0.5, 0.6) is 0 Å². The smallest absolute Gasteiger partial charge is 0.0556 e. The highest BCUT2D eigenvalue weighted by atomic mass is 28.3. The number of hydrogen-bond donors (Lipinski definition) is 0. The first-order valence-corrected chi connectivity index (χ1v) is 7.72. The molecule has 1 aromatic carbocycles. The minimum atomic E-state index is -0.165. The van der Waals surface area contributed by atoms with Crippen molar-refractivity contribution in [2.24, 2.45) is 0 Å². The van der Waals surface area contributed by atoms with Crippen LogP contribution in [0, 0.1) is 0 Å². The molecule has 0 bridgehead atoms. The van der Waals surface area contributed by atoms with Crippen molar-refractivity contribution in [2.45, 2.75) is 44.8 Å². The maximum absolute atomic E-state index is 2.35. The van der Waals surface area contributed by atoms with Crippen LogP contribution in [-0.2, 0) is 0 Å². The molecule has 0 aliphatic rings. The Balaban J connectivity index is 2.81. The van der Waals surface area contributed by atoms with Crippen LogP contribution < -0.4 is 0 Å². The molecule has 14 heavy (non-hydrogen) atoms. The van der Waals surface area contributed by atoms with E-state index in [1.165, 1.54) is 18.5 Å². The van der Waals surface area contributed by atoms with Gasteiger partial charge in [0.1, 0.15) is 0 Å². The van der Waals surface area contributed by atoms with Gasteiger partial charge in [0.2, 0.25) is 0 Å². The summed E-state index contributed by atoms with van der Waals surface area (Å²) < 4.78 is 0. The van der Waals surface area contributed by atoms with E-state index in [4.69, 9.17) is 0 Å². The third-order valence-corrected chi connectivity index (χ3v) is 6.55. The molecule has 0 fully saturated rings. The van der Waals surface area contributed by atoms with Gasteiger partial charge in [-0.25, -0.2) is 0 Å². The van der Waals surface area contributed by atoms with Gasteiger partial charge in [-0.2, -0.15) is 0 Å². The third kappa shape index (κ3) is 2.71. The second-order valence-electron chi connectivity index (χ2n) is 3.74. The Morgan fingerprint density at radius 3 is 2.00 bits per heavy atom. The fourth-order valence-corrected chi connectivity index (χ4v) is 4.92. The molecule has 0 saturated carbocycles. The Kier molecular flexibility index (Phi) is 4.95. The van der Waals surface area contributed by atoms with Crippen LogP contribution in [0.3, 0.4) is 0 Å². The highest BCUT2D eigenvalue weighted by Crippen LogP contribution is 2.26. The molecule has 0 aromatic heterocycles. The quantitative estimate of drug-likeness (QED) is 0.630. The highest BCUT2D eigenvalue weighted by Gasteiger charge is 2.19. The molecular formula is C13H21Si. The number of rotatable bonds is 5. The van der Waals surface area contributed by atoms with E-state index in [1.54, 1.807) is 5.56 Å². The van der Waals surface area contributed by atoms with Crippen molar-refractivity contribution in [2.75, 3.05) is 0 Å². The van der Waals surface area contributed by atoms with Gasteiger partial charge in [0.15, 0.2) is 0 Å². The van der Waals surface area contributed by atoms with E-state index >= 15 is 0 Å². The van der Waals surface area contributed by atoms with Gasteiger partial charge in [0, 0.05) is 0 Å². The Morgan fingerprint density at radius 1 is 1.00 bits per heavy atom. The molecule has 1 rings (SSSR count). The first-order valence-electron chi connectivity index (χ1n) is 5.72. The summed E-state index contributed by atoms with van der Waals surface area (Å²) in [5, 5.41) is 0. The molecule has 0 amide bonds. The van der Waals surface area contributed by atoms with Crippen molar-refractivity contribution in [1.29, 1.82) is 0 Å². The van der Waals surface area contributed by atoms with Crippen LogP contribution in [0.15, 0.2) is 30.3 Å². The molecule has 0 aliphatic heterocycles. The first-order chi connectivity index (χ1) is 6.83. The van der Waals surface area contributed by atoms with Gasteiger partial charge in [-0.05, 0) is 11.1 Å². The van der Waals surface area contributed by atoms with Crippen molar-refractivity contribution < 1.29 is 0 Å². The fraction of sp³-hybridized carbons (Fsp3) is 0.538. The van der Waals surface area contributed by atoms with E-state index in [0.29, 0.717) is 0 Å². The summed E-state index contributed by atoms with van der Waals surface area (Å²) >= 11 is 0. The Morgan fingerprint density at radius 2 is 1.57 bits per heavy atom. The molecule has 0 saturated heterocycles. The topological polar surface area (TPSA) is 0 Å². The minimum absolute atomic E-state index is 0.165. The lowest BCUT2D eigenvalue weighted by Gasteiger charge is -2.22. The monoisotopic (exact) mass is 205 g/mol. The Labute approximate surface area is 90.0 Å². The largest absolute Gasteiger partial charge is 0.0680 e. The molecule has 0 N–H and O–H groups in total. The van der Waals surface area contributed by atoms with Gasteiger partial charge in [-0.1, -0.05) is 69.6 Å². The van der Waals surface area contributed by atoms with Crippen LogP contribution in [0.4, 0.5) is 0 Å². The molecule has 1 unspecified atom stereocenters. The molecule has 0 spiro atoms. The molecule has 1 aromatic rings. The second-order valence-corrected chi connectivity index (χ2v) is 7.16. The molecule has 1 atom stereocenters. The summed E-state index contributed by atoms with van der Waals surface area (Å²) in [5.74, 6) is 0. The summed E-state index contributed by atoms with van der Waals surface area (Å²) in [6.07, 6.45) is 1.31. The number of hydrogen-bond acceptors (Lipinski definition) is 0. The third-order valence-electron chi connectivity index (χ3n) is 3.01. The first kappa shape index (κ1) is 11.5. The second kappa shape index (κ2) is 6.02. The molecule has 77 valence electrons. The van der Waals surface area contributed by atoms with E-state index in [1.807, 2.05) is 0 Å². The number of benzene rings is 1. The summed E-state index contributed by atoms with van der Waals surface area (Å²) in [4.78, 5) is 0. The zero-order valence-electron chi connectivity index (χ0n) is 9.59. The van der Waals surface area contributed by atoms with Crippen molar-refractivity contribution in [3.8, 4) is 0 Å². The van der Waals surface area contributed by atoms with E-state index in [0.717, 1.165) is 5.54 Å². The SMILES string of the molecule is CCC(c1ccccc1)[Si](CC)CC. The van der Waals surface area contributed by atoms with Crippen LogP contribution in [-0.4, -0.2) is 8.80 Å². The summed E-state index contributed by atoms with van der Waals surface area (Å²) in [6.45, 7) is 7.03. The van der Waals surface area contributed by atoms with Crippen LogP contribution in [0.1, 0.15) is 38.3 Å². The lowest BCUT2D eigenvalue weighted by molar-refractivity contribution is 0.845. The predicted molar refractivity (Wildman–Crippen MR) is 66.2 cm³/mol. The molecule has 0 heterocycles. The Hall–Kier alpha value is -0.563. The van der Waals surface area contributed by atoms with E-state index in [9.17, 15) is 0 Å². The van der Waals surface area contributed by atoms with Crippen LogP contribution in [0.2, 0.25) is 12.1 Å². The normalized spacial score (nSPS) is 13.1. The van der Waals surface area contributed by atoms with Gasteiger partial charge in [0.05, 0.1) is 8.80 Å². The predicted octanol–water partition coefficient (Wildman–Crippen LogP) is 4.25. The summed E-state index contributed by atoms with van der Waals surface area (Å²) in [5.41, 5.74) is 2.42. The average Bonchev–Trinajstić information content (AvgIpc) is 2.27. The maximum Gasteiger partial charge on any atom is 0.0556 e. The van der Waals surface area contributed by atoms with E-state index in [2.05, 4.69) is 51.1 Å². The van der Waals surface area contributed by atoms with Crippen LogP contribution >= 0.6 is 0 Å². The molecular weight excluding hydrogens is 184 g/mol. The van der Waals surface area contributed by atoms with Crippen molar-refractivity contribution in [3.05, 3.63) is 35.9 Å². The van der Waals surface area contributed by atoms with Gasteiger partial charge >= 0.3 is 0 Å². The lowest BCUT2D eigenvalue weighted by atomic mass is 10.1. The summed E-state index contributed by atoms with van der Waals surface area (Å²) in [7, 11) is -0.165. The van der Waals surface area contributed by atoms with Crippen molar-refractivity contribution in [1.82, 2.24) is 0 Å². The van der Waals surface area contributed by atoms with Crippen LogP contribution in [0.25, 0.3) is 0 Å². The lowest BCUT2D eigenvalue weighted by Crippen LogP contribution is -2.21. The maximum atomic E-state index is 2.35. The molecule has 1 radical (unpaired) electrons. The summed E-state index contributed by atoms with van der Waals surface area (Å²) in [6, 6.07) is 13.8. The minimum Gasteiger partial charge on any atom is -0.0680 e. The van der Waals surface area contributed by atoms with Gasteiger partial charge in [-0.3, -0.25) is 0 Å². The van der Waals surface area contributed by atoms with E-state index < -0.39 is 0 Å². The molecule has 0 aliphatic carbocycles. The van der Waals surface area contributed by atoms with Gasteiger partial charge in [-0.15, -0.1) is 0 Å². The standard InChI is InChI=1S/C13H21Si/c1-4-13(14(5-2)6-3)12-10-8-7-9-11-12/h7-11,13H,4-6H2,1-3H3. The average molecular weight is 205 g/mol. The van der Waals surface area contributed by atoms with Crippen molar-refractivity contribution in [3.63, 3.8) is 0 Å². The Bertz CT molecular complexity index is 239. The zero-order chi connectivity index (χ0) is 10.4. The van der Waals surface area contributed by atoms with Gasteiger partial charge in [0.25, 0.3) is 0 Å². The fourth-order valence-electron chi connectivity index (χ4n) is 2.19.